The van der Waals surface area contributed by atoms with Gasteiger partial charge in [-0.25, -0.2) is 0 Å². The summed E-state index contributed by atoms with van der Waals surface area (Å²) in [5, 5.41) is 9.86. The molecule has 3 heteroatoms. The quantitative estimate of drug-likeness (QED) is 0.817. The van der Waals surface area contributed by atoms with E-state index in [4.69, 9.17) is 4.74 Å². The molecule has 100 valence electrons. The molecule has 0 aromatic heterocycles. The Hall–Kier alpha value is -1.51. The van der Waals surface area contributed by atoms with Crippen molar-refractivity contribution in [1.82, 2.24) is 0 Å². The van der Waals surface area contributed by atoms with Crippen LogP contribution in [0.1, 0.15) is 37.5 Å². The lowest BCUT2D eigenvalue weighted by Gasteiger charge is -2.13. The number of carbonyl (C=O) groups is 1. The molecule has 1 aromatic rings. The van der Waals surface area contributed by atoms with Crippen molar-refractivity contribution in [2.24, 2.45) is 5.92 Å². The van der Waals surface area contributed by atoms with E-state index in [1.54, 1.807) is 0 Å². The summed E-state index contributed by atoms with van der Waals surface area (Å²) in [6, 6.07) is 3.91. The van der Waals surface area contributed by atoms with Gasteiger partial charge in [0.05, 0.1) is 12.5 Å². The van der Waals surface area contributed by atoms with Crippen LogP contribution in [0.2, 0.25) is 0 Å². The fraction of sp³-hybridized carbons (Fsp3) is 0.533. The van der Waals surface area contributed by atoms with Crippen molar-refractivity contribution in [2.75, 3.05) is 6.61 Å². The molecule has 1 aromatic carbocycles. The van der Waals surface area contributed by atoms with E-state index < -0.39 is 0 Å². The second-order valence-electron chi connectivity index (χ2n) is 4.63. The number of benzene rings is 1. The number of aryl methyl sites for hydroxylation is 2. The van der Waals surface area contributed by atoms with Crippen molar-refractivity contribution in [3.05, 3.63) is 28.8 Å². The number of carbonyl (C=O) groups excluding carboxylic acids is 1. The van der Waals surface area contributed by atoms with Crippen LogP contribution in [0, 0.1) is 12.8 Å². The monoisotopic (exact) mass is 250 g/mol. The third kappa shape index (κ3) is 3.49. The molecule has 1 rings (SSSR count). The van der Waals surface area contributed by atoms with Crippen molar-refractivity contribution >= 4 is 5.97 Å². The first-order valence-corrected chi connectivity index (χ1v) is 6.47. The zero-order valence-corrected chi connectivity index (χ0v) is 11.6. The first kappa shape index (κ1) is 14.6. The van der Waals surface area contributed by atoms with E-state index in [-0.39, 0.29) is 11.9 Å². The molecular weight excluding hydrogens is 228 g/mol. The van der Waals surface area contributed by atoms with Crippen LogP contribution in [0.3, 0.4) is 0 Å². The maximum absolute atomic E-state index is 11.6. The highest BCUT2D eigenvalue weighted by Crippen LogP contribution is 2.25. The lowest BCUT2D eigenvalue weighted by Crippen LogP contribution is -2.17. The largest absolute Gasteiger partial charge is 0.507 e. The molecule has 0 radical (unpaired) electrons. The zero-order chi connectivity index (χ0) is 13.7. The molecule has 0 fully saturated rings. The van der Waals surface area contributed by atoms with Gasteiger partial charge in [0.25, 0.3) is 0 Å². The summed E-state index contributed by atoms with van der Waals surface area (Å²) < 4.78 is 5.00. The summed E-state index contributed by atoms with van der Waals surface area (Å²) in [5.41, 5.74) is 2.86. The van der Waals surface area contributed by atoms with E-state index in [1.165, 1.54) is 0 Å². The van der Waals surface area contributed by atoms with Crippen LogP contribution in [0.25, 0.3) is 0 Å². The predicted molar refractivity (Wildman–Crippen MR) is 71.7 cm³/mol. The molecule has 0 aliphatic carbocycles. The standard InChI is InChI=1S/C15H22O3/c1-5-13-9-12(7-10(3)14(13)16)8-11(4)15(17)18-6-2/h7,9,11,16H,5-6,8H2,1-4H3. The predicted octanol–water partition coefficient (Wildman–Crippen LogP) is 3.00. The third-order valence-corrected chi connectivity index (χ3v) is 3.05. The Labute approximate surface area is 109 Å². The van der Waals surface area contributed by atoms with E-state index in [1.807, 2.05) is 39.8 Å². The Morgan fingerprint density at radius 2 is 2.06 bits per heavy atom. The minimum atomic E-state index is -0.165. The Morgan fingerprint density at radius 1 is 1.39 bits per heavy atom. The number of ether oxygens (including phenoxy) is 1. The summed E-state index contributed by atoms with van der Waals surface area (Å²) >= 11 is 0. The van der Waals surface area contributed by atoms with Crippen molar-refractivity contribution in [3.8, 4) is 5.75 Å². The molecule has 0 saturated carbocycles. The lowest BCUT2D eigenvalue weighted by atomic mass is 9.96. The molecule has 1 N–H and O–H groups in total. The SMILES string of the molecule is CCOC(=O)C(C)Cc1cc(C)c(O)c(CC)c1. The summed E-state index contributed by atoms with van der Waals surface area (Å²) in [4.78, 5) is 11.6. The van der Waals surface area contributed by atoms with Crippen molar-refractivity contribution in [2.45, 2.75) is 40.5 Å². The van der Waals surface area contributed by atoms with Crippen LogP contribution in [-0.4, -0.2) is 17.7 Å². The number of rotatable bonds is 5. The molecule has 18 heavy (non-hydrogen) atoms. The van der Waals surface area contributed by atoms with Gasteiger partial charge in [0.2, 0.25) is 0 Å². The molecule has 3 nitrogen and oxygen atoms in total. The minimum absolute atomic E-state index is 0.154. The average molecular weight is 250 g/mol. The van der Waals surface area contributed by atoms with Crippen LogP contribution < -0.4 is 0 Å². The van der Waals surface area contributed by atoms with E-state index in [0.717, 1.165) is 23.1 Å². The van der Waals surface area contributed by atoms with Gasteiger partial charge in [-0.3, -0.25) is 4.79 Å². The summed E-state index contributed by atoms with van der Waals surface area (Å²) in [6.07, 6.45) is 1.43. The molecule has 0 aliphatic heterocycles. The van der Waals surface area contributed by atoms with Crippen LogP contribution >= 0.6 is 0 Å². The van der Waals surface area contributed by atoms with Gasteiger partial charge in [0, 0.05) is 0 Å². The number of phenolic OH excluding ortho intramolecular Hbond substituents is 1. The van der Waals surface area contributed by atoms with Crippen LogP contribution in [0.15, 0.2) is 12.1 Å². The van der Waals surface area contributed by atoms with E-state index in [9.17, 15) is 9.90 Å². The zero-order valence-electron chi connectivity index (χ0n) is 11.6. The first-order chi connectivity index (χ1) is 8.49. The van der Waals surface area contributed by atoms with E-state index in [2.05, 4.69) is 0 Å². The normalized spacial score (nSPS) is 12.2. The number of hydrogen-bond donors (Lipinski definition) is 1. The molecule has 1 unspecified atom stereocenters. The Balaban J connectivity index is 2.85. The maximum atomic E-state index is 11.6. The van der Waals surface area contributed by atoms with Gasteiger partial charge >= 0.3 is 5.97 Å². The van der Waals surface area contributed by atoms with Gasteiger partial charge in [-0.15, -0.1) is 0 Å². The molecule has 0 bridgehead atoms. The highest BCUT2D eigenvalue weighted by molar-refractivity contribution is 5.72. The van der Waals surface area contributed by atoms with E-state index >= 15 is 0 Å². The third-order valence-electron chi connectivity index (χ3n) is 3.05. The number of aromatic hydroxyl groups is 1. The van der Waals surface area contributed by atoms with Gasteiger partial charge in [0.1, 0.15) is 5.75 Å². The lowest BCUT2D eigenvalue weighted by molar-refractivity contribution is -0.147. The van der Waals surface area contributed by atoms with Crippen molar-refractivity contribution < 1.29 is 14.6 Å². The van der Waals surface area contributed by atoms with Crippen LogP contribution in [-0.2, 0) is 22.4 Å². The fourth-order valence-corrected chi connectivity index (χ4v) is 2.04. The molecule has 0 spiro atoms. The Bertz CT molecular complexity index is 424. The Kier molecular flexibility index (Phi) is 5.20. The average Bonchev–Trinajstić information content (AvgIpc) is 2.33. The topological polar surface area (TPSA) is 46.5 Å². The highest BCUT2D eigenvalue weighted by Gasteiger charge is 2.16. The molecule has 0 heterocycles. The van der Waals surface area contributed by atoms with Crippen LogP contribution in [0.4, 0.5) is 0 Å². The number of phenols is 1. The molecule has 0 saturated heterocycles. The fourth-order valence-electron chi connectivity index (χ4n) is 2.04. The molecule has 0 amide bonds. The number of hydrogen-bond acceptors (Lipinski definition) is 3. The highest BCUT2D eigenvalue weighted by atomic mass is 16.5. The maximum Gasteiger partial charge on any atom is 0.308 e. The van der Waals surface area contributed by atoms with Gasteiger partial charge in [-0.1, -0.05) is 26.0 Å². The summed E-state index contributed by atoms with van der Waals surface area (Å²) in [5.74, 6) is 0.0462. The minimum Gasteiger partial charge on any atom is -0.507 e. The van der Waals surface area contributed by atoms with Crippen LogP contribution in [0.5, 0.6) is 5.75 Å². The van der Waals surface area contributed by atoms with Gasteiger partial charge < -0.3 is 9.84 Å². The summed E-state index contributed by atoms with van der Waals surface area (Å²) in [7, 11) is 0. The smallest absolute Gasteiger partial charge is 0.308 e. The molecular formula is C15H22O3. The summed E-state index contributed by atoms with van der Waals surface area (Å²) in [6.45, 7) is 7.98. The second-order valence-corrected chi connectivity index (χ2v) is 4.63. The van der Waals surface area contributed by atoms with Gasteiger partial charge in [0.15, 0.2) is 0 Å². The first-order valence-electron chi connectivity index (χ1n) is 6.47. The Morgan fingerprint density at radius 3 is 2.61 bits per heavy atom. The second kappa shape index (κ2) is 6.43. The van der Waals surface area contributed by atoms with Gasteiger partial charge in [-0.2, -0.15) is 0 Å². The van der Waals surface area contributed by atoms with Gasteiger partial charge in [-0.05, 0) is 43.4 Å². The van der Waals surface area contributed by atoms with E-state index in [0.29, 0.717) is 18.8 Å². The molecule has 1 atom stereocenters. The number of esters is 1. The molecule has 0 aliphatic rings. The van der Waals surface area contributed by atoms with Crippen molar-refractivity contribution in [1.29, 1.82) is 0 Å². The van der Waals surface area contributed by atoms with Crippen molar-refractivity contribution in [3.63, 3.8) is 0 Å².